The van der Waals surface area contributed by atoms with Crippen molar-refractivity contribution in [2.75, 3.05) is 14.2 Å². The van der Waals surface area contributed by atoms with Gasteiger partial charge >= 0.3 is 0 Å². The van der Waals surface area contributed by atoms with Crippen molar-refractivity contribution in [2.45, 2.75) is 25.9 Å². The summed E-state index contributed by atoms with van der Waals surface area (Å²) in [6, 6.07) is 10.4. The minimum absolute atomic E-state index is 0.153. The van der Waals surface area contributed by atoms with Crippen LogP contribution in [0.4, 0.5) is 0 Å². The topological polar surface area (TPSA) is 39.1 Å². The molecule has 19 heavy (non-hydrogen) atoms. The highest BCUT2D eigenvalue weighted by Gasteiger charge is 2.16. The first-order chi connectivity index (χ1) is 9.30. The van der Waals surface area contributed by atoms with E-state index >= 15 is 0 Å². The molecule has 102 valence electrons. The zero-order valence-electron chi connectivity index (χ0n) is 11.8. The van der Waals surface area contributed by atoms with Gasteiger partial charge in [0.05, 0.1) is 18.8 Å². The van der Waals surface area contributed by atoms with Gasteiger partial charge in [-0.25, -0.2) is 0 Å². The van der Waals surface area contributed by atoms with Gasteiger partial charge in [-0.15, -0.1) is 0 Å². The van der Waals surface area contributed by atoms with E-state index in [1.165, 1.54) is 11.3 Å². The Balaban J connectivity index is 2.29. The van der Waals surface area contributed by atoms with Crippen molar-refractivity contribution in [2.24, 2.45) is 0 Å². The molecule has 0 aliphatic rings. The van der Waals surface area contributed by atoms with Gasteiger partial charge < -0.3 is 10.1 Å². The van der Waals surface area contributed by atoms with Crippen molar-refractivity contribution in [1.82, 2.24) is 15.1 Å². The Morgan fingerprint density at radius 3 is 2.58 bits per heavy atom. The largest absolute Gasteiger partial charge is 0.497 e. The number of nitrogens with one attached hydrogen (secondary N) is 1. The van der Waals surface area contributed by atoms with E-state index in [1.54, 1.807) is 7.11 Å². The molecular formula is C15H21N3O. The summed E-state index contributed by atoms with van der Waals surface area (Å²) in [7, 11) is 3.65. The molecule has 4 nitrogen and oxygen atoms in total. The van der Waals surface area contributed by atoms with Crippen LogP contribution in [0.15, 0.2) is 36.5 Å². The first-order valence-corrected chi connectivity index (χ1v) is 6.63. The van der Waals surface area contributed by atoms with Gasteiger partial charge in [-0.3, -0.25) is 4.68 Å². The van der Waals surface area contributed by atoms with E-state index in [4.69, 9.17) is 4.74 Å². The highest BCUT2D eigenvalue weighted by atomic mass is 16.5. The normalized spacial score (nSPS) is 12.4. The van der Waals surface area contributed by atoms with Crippen LogP contribution in [0.1, 0.15) is 30.6 Å². The molecule has 1 aromatic carbocycles. The lowest BCUT2D eigenvalue weighted by Gasteiger charge is -2.18. The lowest BCUT2D eigenvalue weighted by Crippen LogP contribution is -2.21. The van der Waals surface area contributed by atoms with Crippen molar-refractivity contribution in [3.8, 4) is 5.75 Å². The maximum absolute atomic E-state index is 5.20. The highest BCUT2D eigenvalue weighted by Crippen LogP contribution is 2.23. The standard InChI is InChI=1S/C15H21N3O/c1-4-11-18-14(9-10-17-18)15(16-2)12-5-7-13(19-3)8-6-12/h5-10,15-16H,4,11H2,1-3H3. The Hall–Kier alpha value is -1.81. The second-order valence-electron chi connectivity index (χ2n) is 4.47. The fourth-order valence-corrected chi connectivity index (χ4v) is 2.27. The fourth-order valence-electron chi connectivity index (χ4n) is 2.27. The van der Waals surface area contributed by atoms with Gasteiger partial charge in [-0.05, 0) is 37.2 Å². The Morgan fingerprint density at radius 2 is 2.00 bits per heavy atom. The monoisotopic (exact) mass is 259 g/mol. The summed E-state index contributed by atoms with van der Waals surface area (Å²) >= 11 is 0. The number of aromatic nitrogens is 2. The smallest absolute Gasteiger partial charge is 0.118 e. The number of methoxy groups -OCH3 is 1. The molecule has 0 fully saturated rings. The lowest BCUT2D eigenvalue weighted by molar-refractivity contribution is 0.414. The van der Waals surface area contributed by atoms with Gasteiger partial charge in [0, 0.05) is 12.7 Å². The summed E-state index contributed by atoms with van der Waals surface area (Å²) in [5.41, 5.74) is 2.40. The molecule has 0 saturated heterocycles. The van der Waals surface area contributed by atoms with Crippen molar-refractivity contribution in [3.05, 3.63) is 47.8 Å². The molecular weight excluding hydrogens is 238 g/mol. The molecule has 1 N–H and O–H groups in total. The van der Waals surface area contributed by atoms with Gasteiger partial charge in [0.25, 0.3) is 0 Å². The van der Waals surface area contributed by atoms with Gasteiger partial charge in [0.2, 0.25) is 0 Å². The third kappa shape index (κ3) is 2.96. The van der Waals surface area contributed by atoms with Crippen molar-refractivity contribution < 1.29 is 4.74 Å². The zero-order valence-corrected chi connectivity index (χ0v) is 11.8. The summed E-state index contributed by atoms with van der Waals surface area (Å²) in [5.74, 6) is 0.876. The van der Waals surface area contributed by atoms with E-state index in [0.717, 1.165) is 18.7 Å². The minimum Gasteiger partial charge on any atom is -0.497 e. The molecule has 1 atom stereocenters. The third-order valence-electron chi connectivity index (χ3n) is 3.22. The molecule has 1 unspecified atom stereocenters. The predicted octanol–water partition coefficient (Wildman–Crippen LogP) is 2.61. The average molecular weight is 259 g/mol. The van der Waals surface area contributed by atoms with Gasteiger partial charge in [0.1, 0.15) is 5.75 Å². The van der Waals surface area contributed by atoms with E-state index < -0.39 is 0 Å². The highest BCUT2D eigenvalue weighted by molar-refractivity contribution is 5.33. The van der Waals surface area contributed by atoms with E-state index in [2.05, 4.69) is 40.2 Å². The Labute approximate surface area is 114 Å². The molecule has 0 radical (unpaired) electrons. The maximum Gasteiger partial charge on any atom is 0.118 e. The fraction of sp³-hybridized carbons (Fsp3) is 0.400. The van der Waals surface area contributed by atoms with Crippen LogP contribution in [-0.2, 0) is 6.54 Å². The number of benzene rings is 1. The van der Waals surface area contributed by atoms with Crippen LogP contribution in [-0.4, -0.2) is 23.9 Å². The van der Waals surface area contributed by atoms with Crippen molar-refractivity contribution in [1.29, 1.82) is 0 Å². The summed E-state index contributed by atoms with van der Waals surface area (Å²) < 4.78 is 7.26. The van der Waals surface area contributed by atoms with Gasteiger partial charge in [0.15, 0.2) is 0 Å². The molecule has 0 saturated carbocycles. The average Bonchev–Trinajstić information content (AvgIpc) is 2.89. The molecule has 0 aliphatic heterocycles. The second-order valence-corrected chi connectivity index (χ2v) is 4.47. The van der Waals surface area contributed by atoms with E-state index in [-0.39, 0.29) is 6.04 Å². The number of hydrogen-bond donors (Lipinski definition) is 1. The quantitative estimate of drug-likeness (QED) is 0.866. The Kier molecular flexibility index (Phi) is 4.58. The summed E-state index contributed by atoms with van der Waals surface area (Å²) in [6.45, 7) is 3.10. The van der Waals surface area contributed by atoms with Crippen LogP contribution in [0.5, 0.6) is 5.75 Å². The van der Waals surface area contributed by atoms with E-state index in [9.17, 15) is 0 Å². The van der Waals surface area contributed by atoms with Crippen LogP contribution in [0.3, 0.4) is 0 Å². The molecule has 2 aromatic rings. The van der Waals surface area contributed by atoms with Crippen molar-refractivity contribution in [3.63, 3.8) is 0 Å². The Morgan fingerprint density at radius 1 is 1.26 bits per heavy atom. The van der Waals surface area contributed by atoms with E-state index in [0.29, 0.717) is 0 Å². The number of nitrogens with zero attached hydrogens (tertiary/aromatic N) is 2. The van der Waals surface area contributed by atoms with Crippen LogP contribution in [0.25, 0.3) is 0 Å². The number of hydrogen-bond acceptors (Lipinski definition) is 3. The predicted molar refractivity (Wildman–Crippen MR) is 76.4 cm³/mol. The van der Waals surface area contributed by atoms with Crippen LogP contribution < -0.4 is 10.1 Å². The van der Waals surface area contributed by atoms with Gasteiger partial charge in [-0.1, -0.05) is 19.1 Å². The van der Waals surface area contributed by atoms with Gasteiger partial charge in [-0.2, -0.15) is 5.10 Å². The van der Waals surface area contributed by atoms with Crippen LogP contribution >= 0.6 is 0 Å². The SMILES string of the molecule is CCCn1nccc1C(NC)c1ccc(OC)cc1. The molecule has 0 spiro atoms. The summed E-state index contributed by atoms with van der Waals surface area (Å²) in [6.07, 6.45) is 2.94. The molecule has 4 heteroatoms. The molecule has 0 bridgehead atoms. The maximum atomic E-state index is 5.20. The second kappa shape index (κ2) is 6.38. The summed E-state index contributed by atoms with van der Waals surface area (Å²) in [5, 5.41) is 7.74. The first kappa shape index (κ1) is 13.6. The molecule has 1 heterocycles. The Bertz CT molecular complexity index is 504. The first-order valence-electron chi connectivity index (χ1n) is 6.63. The number of rotatable bonds is 6. The number of aryl methyl sites for hydroxylation is 1. The van der Waals surface area contributed by atoms with Crippen LogP contribution in [0.2, 0.25) is 0 Å². The molecule has 0 amide bonds. The zero-order chi connectivity index (χ0) is 13.7. The molecule has 1 aromatic heterocycles. The summed E-state index contributed by atoms with van der Waals surface area (Å²) in [4.78, 5) is 0. The third-order valence-corrected chi connectivity index (χ3v) is 3.22. The molecule has 0 aliphatic carbocycles. The minimum atomic E-state index is 0.153. The lowest BCUT2D eigenvalue weighted by atomic mass is 10.0. The van der Waals surface area contributed by atoms with Crippen molar-refractivity contribution >= 4 is 0 Å². The molecule has 2 rings (SSSR count). The number of ether oxygens (including phenoxy) is 1. The van der Waals surface area contributed by atoms with E-state index in [1.807, 2.05) is 25.4 Å². The van der Waals surface area contributed by atoms with Crippen LogP contribution in [0, 0.1) is 0 Å².